The summed E-state index contributed by atoms with van der Waals surface area (Å²) in [6.45, 7) is 3.10. The normalized spacial score (nSPS) is 14.5. The van der Waals surface area contributed by atoms with Crippen molar-refractivity contribution < 1.29 is 4.74 Å². The highest BCUT2D eigenvalue weighted by molar-refractivity contribution is 7.21. The third kappa shape index (κ3) is 8.63. The number of ether oxygens (including phenoxy) is 1. The van der Waals surface area contributed by atoms with E-state index >= 15 is 0 Å². The lowest BCUT2D eigenvalue weighted by molar-refractivity contribution is 0.293. The Kier molecular flexibility index (Phi) is 11.0. The number of rotatable bonds is 15. The Labute approximate surface area is 217 Å². The molecule has 2 nitrogen and oxygen atoms in total. The molecule has 4 rings (SSSR count). The molecule has 1 aliphatic carbocycles. The van der Waals surface area contributed by atoms with Crippen LogP contribution in [0.1, 0.15) is 109 Å². The summed E-state index contributed by atoms with van der Waals surface area (Å²) in [5.74, 6) is 1.98. The van der Waals surface area contributed by atoms with Crippen molar-refractivity contribution in [3.63, 3.8) is 0 Å². The molecular weight excluding hydrogens is 446 g/mol. The van der Waals surface area contributed by atoms with Gasteiger partial charge in [-0.25, -0.2) is 4.98 Å². The Morgan fingerprint density at radius 3 is 2.43 bits per heavy atom. The maximum Gasteiger partial charge on any atom is 0.124 e. The minimum absolute atomic E-state index is 0.826. The predicted molar refractivity (Wildman–Crippen MR) is 153 cm³/mol. The molecule has 0 aliphatic heterocycles. The zero-order chi connectivity index (χ0) is 24.1. The number of benzene rings is 2. The molecular formula is C32H45NOS. The van der Waals surface area contributed by atoms with E-state index in [2.05, 4.69) is 49.4 Å². The van der Waals surface area contributed by atoms with E-state index in [-0.39, 0.29) is 0 Å². The molecule has 1 aliphatic rings. The Morgan fingerprint density at radius 1 is 0.829 bits per heavy atom. The molecule has 3 heteroatoms. The third-order valence-electron chi connectivity index (χ3n) is 7.62. The smallest absolute Gasteiger partial charge is 0.124 e. The topological polar surface area (TPSA) is 22.1 Å². The lowest BCUT2D eigenvalue weighted by Gasteiger charge is -2.21. The molecule has 2 aromatic carbocycles. The summed E-state index contributed by atoms with van der Waals surface area (Å²) < 4.78 is 7.32. The molecule has 0 spiro atoms. The highest BCUT2D eigenvalue weighted by Gasteiger charge is 2.12. The summed E-state index contributed by atoms with van der Waals surface area (Å²) in [6, 6.07) is 15.4. The second kappa shape index (κ2) is 14.6. The first-order chi connectivity index (χ1) is 17.3. The number of aromatic nitrogens is 1. The van der Waals surface area contributed by atoms with E-state index in [0.29, 0.717) is 0 Å². The molecule has 0 bridgehead atoms. The van der Waals surface area contributed by atoms with Crippen LogP contribution in [-0.4, -0.2) is 11.6 Å². The second-order valence-electron chi connectivity index (χ2n) is 10.6. The summed E-state index contributed by atoms with van der Waals surface area (Å²) in [5, 5.41) is 1.10. The van der Waals surface area contributed by atoms with Crippen LogP contribution in [0.4, 0.5) is 0 Å². The van der Waals surface area contributed by atoms with Gasteiger partial charge in [0.15, 0.2) is 0 Å². The Bertz CT molecular complexity index is 986. The van der Waals surface area contributed by atoms with Gasteiger partial charge in [0.05, 0.1) is 16.8 Å². The van der Waals surface area contributed by atoms with Crippen molar-refractivity contribution in [1.29, 1.82) is 0 Å². The Morgan fingerprint density at radius 2 is 1.60 bits per heavy atom. The van der Waals surface area contributed by atoms with Crippen LogP contribution in [0.2, 0.25) is 0 Å². The van der Waals surface area contributed by atoms with E-state index in [1.54, 1.807) is 0 Å². The number of fused-ring (bicyclic) bond motifs is 1. The van der Waals surface area contributed by atoms with Gasteiger partial charge >= 0.3 is 0 Å². The quantitative estimate of drug-likeness (QED) is 0.197. The SMILES string of the molecule is CCCCCCCCc1ccc2nc(-c3ccc(OCCCCCC4CCCCC4)cc3)sc2c1. The van der Waals surface area contributed by atoms with Crippen molar-refractivity contribution in [3.05, 3.63) is 48.0 Å². The van der Waals surface area contributed by atoms with Gasteiger partial charge in [0, 0.05) is 5.56 Å². The first-order valence-corrected chi connectivity index (χ1v) is 15.3. The first kappa shape index (κ1) is 26.2. The summed E-state index contributed by atoms with van der Waals surface area (Å²) in [6.07, 6.45) is 21.9. The van der Waals surface area contributed by atoms with Crippen LogP contribution in [-0.2, 0) is 6.42 Å². The fourth-order valence-electron chi connectivity index (χ4n) is 5.43. The number of aryl methyl sites for hydroxylation is 1. The lowest BCUT2D eigenvalue weighted by atomic mass is 9.86. The zero-order valence-corrected chi connectivity index (χ0v) is 22.7. The molecule has 0 radical (unpaired) electrons. The average molecular weight is 492 g/mol. The fourth-order valence-corrected chi connectivity index (χ4v) is 6.46. The van der Waals surface area contributed by atoms with Gasteiger partial charge < -0.3 is 4.74 Å². The van der Waals surface area contributed by atoms with Crippen LogP contribution in [0.3, 0.4) is 0 Å². The van der Waals surface area contributed by atoms with E-state index in [4.69, 9.17) is 9.72 Å². The number of hydrogen-bond donors (Lipinski definition) is 0. The van der Waals surface area contributed by atoms with E-state index in [1.165, 1.54) is 112 Å². The van der Waals surface area contributed by atoms with E-state index in [0.717, 1.165) is 35.2 Å². The van der Waals surface area contributed by atoms with Crippen molar-refractivity contribution in [2.75, 3.05) is 6.61 Å². The van der Waals surface area contributed by atoms with Gasteiger partial charge in [-0.2, -0.15) is 0 Å². The fraction of sp³-hybridized carbons (Fsp3) is 0.594. The Balaban J connectivity index is 1.19. The molecule has 1 heterocycles. The monoisotopic (exact) mass is 491 g/mol. The van der Waals surface area contributed by atoms with Gasteiger partial charge in [0.25, 0.3) is 0 Å². The van der Waals surface area contributed by atoms with Gasteiger partial charge in [-0.1, -0.05) is 96.5 Å². The predicted octanol–water partition coefficient (Wildman–Crippen LogP) is 10.4. The molecule has 35 heavy (non-hydrogen) atoms. The van der Waals surface area contributed by atoms with Crippen LogP contribution >= 0.6 is 11.3 Å². The van der Waals surface area contributed by atoms with Crippen molar-refractivity contribution in [2.24, 2.45) is 5.92 Å². The summed E-state index contributed by atoms with van der Waals surface area (Å²) >= 11 is 1.81. The Hall–Kier alpha value is -1.87. The summed E-state index contributed by atoms with van der Waals surface area (Å²) in [4.78, 5) is 4.90. The molecule has 1 fully saturated rings. The minimum atomic E-state index is 0.826. The number of nitrogens with zero attached hydrogens (tertiary/aromatic N) is 1. The van der Waals surface area contributed by atoms with Gasteiger partial charge in [0.2, 0.25) is 0 Å². The molecule has 190 valence electrons. The molecule has 1 saturated carbocycles. The van der Waals surface area contributed by atoms with Gasteiger partial charge in [0.1, 0.15) is 10.8 Å². The molecule has 3 aromatic rings. The molecule has 1 aromatic heterocycles. The molecule has 0 amide bonds. The van der Waals surface area contributed by atoms with Crippen molar-refractivity contribution >= 4 is 21.6 Å². The number of unbranched alkanes of at least 4 members (excludes halogenated alkanes) is 7. The van der Waals surface area contributed by atoms with Crippen LogP contribution in [0.25, 0.3) is 20.8 Å². The van der Waals surface area contributed by atoms with Gasteiger partial charge in [-0.3, -0.25) is 0 Å². The lowest BCUT2D eigenvalue weighted by Crippen LogP contribution is -2.06. The van der Waals surface area contributed by atoms with Crippen LogP contribution in [0, 0.1) is 5.92 Å². The van der Waals surface area contributed by atoms with Crippen LogP contribution < -0.4 is 4.74 Å². The maximum absolute atomic E-state index is 6.01. The van der Waals surface area contributed by atoms with Gasteiger partial charge in [-0.15, -0.1) is 11.3 Å². The van der Waals surface area contributed by atoms with Gasteiger partial charge in [-0.05, 0) is 67.1 Å². The molecule has 0 atom stereocenters. The maximum atomic E-state index is 6.01. The van der Waals surface area contributed by atoms with Crippen molar-refractivity contribution in [1.82, 2.24) is 4.98 Å². The van der Waals surface area contributed by atoms with E-state index < -0.39 is 0 Å². The molecule has 0 saturated heterocycles. The standard InChI is InChI=1S/C32H45NOS/c1-2-3-4-5-6-9-17-27-18-23-30-31(25-27)35-32(33-30)28-19-21-29(22-20-28)34-24-13-8-12-16-26-14-10-7-11-15-26/h18-23,25-26H,2-17,24H2,1H3. The van der Waals surface area contributed by atoms with Crippen molar-refractivity contribution in [3.8, 4) is 16.3 Å². The largest absolute Gasteiger partial charge is 0.494 e. The molecule has 0 unspecified atom stereocenters. The van der Waals surface area contributed by atoms with Crippen LogP contribution in [0.5, 0.6) is 5.75 Å². The van der Waals surface area contributed by atoms with Crippen LogP contribution in [0.15, 0.2) is 42.5 Å². The van der Waals surface area contributed by atoms with Crippen molar-refractivity contribution in [2.45, 2.75) is 110 Å². The summed E-state index contributed by atoms with van der Waals surface area (Å²) in [7, 11) is 0. The highest BCUT2D eigenvalue weighted by Crippen LogP contribution is 2.32. The molecule has 0 N–H and O–H groups in total. The number of hydrogen-bond acceptors (Lipinski definition) is 3. The third-order valence-corrected chi connectivity index (χ3v) is 8.69. The average Bonchev–Trinajstić information content (AvgIpc) is 3.33. The highest BCUT2D eigenvalue weighted by atomic mass is 32.1. The second-order valence-corrected chi connectivity index (χ2v) is 11.6. The van der Waals surface area contributed by atoms with E-state index in [9.17, 15) is 0 Å². The minimum Gasteiger partial charge on any atom is -0.494 e. The first-order valence-electron chi connectivity index (χ1n) is 14.4. The van der Waals surface area contributed by atoms with E-state index in [1.807, 2.05) is 11.3 Å². The number of thiazole rings is 1. The zero-order valence-electron chi connectivity index (χ0n) is 21.9. The summed E-state index contributed by atoms with van der Waals surface area (Å²) in [5.41, 5.74) is 3.75.